The monoisotopic (exact) mass is 461 g/mol. The molecule has 1 saturated heterocycles. The van der Waals surface area contributed by atoms with Crippen molar-refractivity contribution in [2.45, 2.75) is 25.3 Å². The van der Waals surface area contributed by atoms with Crippen LogP contribution in [0.5, 0.6) is 0 Å². The van der Waals surface area contributed by atoms with E-state index in [0.717, 1.165) is 16.7 Å². The number of carbonyl (C=O) groups excluding carboxylic acids is 3. The van der Waals surface area contributed by atoms with Crippen LogP contribution in [0.1, 0.15) is 22.5 Å². The minimum absolute atomic E-state index is 0.129. The van der Waals surface area contributed by atoms with Gasteiger partial charge in [0.05, 0.1) is 24.2 Å². The molecule has 7 nitrogen and oxygen atoms in total. The van der Waals surface area contributed by atoms with Crippen molar-refractivity contribution in [1.82, 2.24) is 5.32 Å². The minimum Gasteiger partial charge on any atom is -0.467 e. The van der Waals surface area contributed by atoms with E-state index < -0.39 is 4.87 Å². The van der Waals surface area contributed by atoms with E-state index in [4.69, 9.17) is 4.42 Å². The molecule has 0 saturated carbocycles. The molecule has 3 amide bonds. The van der Waals surface area contributed by atoms with Gasteiger partial charge >= 0.3 is 0 Å². The van der Waals surface area contributed by atoms with Crippen LogP contribution in [0.2, 0.25) is 0 Å². The maximum Gasteiger partial charge on any atom is 0.269 e. The Hall–Kier alpha value is -3.52. The highest BCUT2D eigenvalue weighted by Crippen LogP contribution is 2.55. The summed E-state index contributed by atoms with van der Waals surface area (Å²) in [5.41, 5.74) is 4.20. The van der Waals surface area contributed by atoms with Crippen LogP contribution < -0.4 is 15.1 Å². The zero-order valence-corrected chi connectivity index (χ0v) is 19.1. The zero-order valence-electron chi connectivity index (χ0n) is 18.3. The van der Waals surface area contributed by atoms with Crippen LogP contribution in [-0.4, -0.2) is 30.0 Å². The molecule has 0 aliphatic carbocycles. The first kappa shape index (κ1) is 21.3. The standard InChI is InChI=1S/C25H23N3O4S/c1-16-9-10-18(12-17(16)2)28-23(30)15-33-25(28)20-7-3-4-8-21(20)27(24(25)31)14-22(29)26-13-19-6-5-11-32-19/h3-12H,13-15H2,1-2H3,(H,26,29)/t25-/m1/s1. The number of para-hydroxylation sites is 1. The molecule has 1 atom stereocenters. The van der Waals surface area contributed by atoms with Crippen LogP contribution in [0, 0.1) is 13.8 Å². The van der Waals surface area contributed by atoms with E-state index in [-0.39, 0.29) is 36.6 Å². The van der Waals surface area contributed by atoms with Crippen molar-refractivity contribution in [3.8, 4) is 0 Å². The molecule has 0 unspecified atom stereocenters. The van der Waals surface area contributed by atoms with E-state index in [1.54, 1.807) is 23.3 Å². The highest BCUT2D eigenvalue weighted by Gasteiger charge is 2.61. The Bertz CT molecular complexity index is 1260. The summed E-state index contributed by atoms with van der Waals surface area (Å²) in [6, 6.07) is 16.7. The van der Waals surface area contributed by atoms with E-state index in [2.05, 4.69) is 5.32 Å². The third-order valence-corrected chi connectivity index (χ3v) is 7.54. The second-order valence-electron chi connectivity index (χ2n) is 8.19. The molecule has 2 aliphatic heterocycles. The Morgan fingerprint density at radius 2 is 1.91 bits per heavy atom. The average Bonchev–Trinajstić information content (AvgIpc) is 3.50. The SMILES string of the molecule is Cc1ccc(N2C(=O)CS[C@]23C(=O)N(CC(=O)NCc2ccco2)c2ccccc23)cc1C. The number of fused-ring (bicyclic) bond motifs is 2. The van der Waals surface area contributed by atoms with E-state index in [1.807, 2.05) is 56.3 Å². The van der Waals surface area contributed by atoms with Crippen LogP contribution in [0.15, 0.2) is 65.3 Å². The van der Waals surface area contributed by atoms with Crippen LogP contribution in [-0.2, 0) is 25.8 Å². The molecular weight excluding hydrogens is 438 g/mol. The Labute approximate surface area is 195 Å². The molecule has 1 fully saturated rings. The number of nitrogens with one attached hydrogen (secondary N) is 1. The fourth-order valence-corrected chi connectivity index (χ4v) is 5.73. The molecule has 5 rings (SSSR count). The number of nitrogens with zero attached hydrogens (tertiary/aromatic N) is 2. The van der Waals surface area contributed by atoms with Gasteiger partial charge in [0.15, 0.2) is 0 Å². The molecule has 1 N–H and O–H groups in total. The molecule has 168 valence electrons. The largest absolute Gasteiger partial charge is 0.467 e. The number of amides is 3. The Morgan fingerprint density at radius 1 is 1.09 bits per heavy atom. The van der Waals surface area contributed by atoms with Gasteiger partial charge in [-0.05, 0) is 55.3 Å². The highest BCUT2D eigenvalue weighted by molar-refractivity contribution is 8.02. The van der Waals surface area contributed by atoms with Gasteiger partial charge in [-0.15, -0.1) is 11.8 Å². The van der Waals surface area contributed by atoms with Gasteiger partial charge in [-0.25, -0.2) is 0 Å². The van der Waals surface area contributed by atoms with Crippen molar-refractivity contribution < 1.29 is 18.8 Å². The maximum atomic E-state index is 13.9. The van der Waals surface area contributed by atoms with Gasteiger partial charge in [-0.3, -0.25) is 24.2 Å². The summed E-state index contributed by atoms with van der Waals surface area (Å²) in [6.07, 6.45) is 1.54. The van der Waals surface area contributed by atoms with Gasteiger partial charge in [0.1, 0.15) is 12.3 Å². The van der Waals surface area contributed by atoms with Crippen LogP contribution >= 0.6 is 11.8 Å². The number of benzene rings is 2. The molecule has 1 spiro atoms. The Kier molecular flexibility index (Phi) is 5.25. The number of hydrogen-bond acceptors (Lipinski definition) is 5. The summed E-state index contributed by atoms with van der Waals surface area (Å²) in [5, 5.41) is 2.79. The van der Waals surface area contributed by atoms with E-state index in [1.165, 1.54) is 16.7 Å². The van der Waals surface area contributed by atoms with E-state index in [0.29, 0.717) is 17.1 Å². The average molecular weight is 462 g/mol. The van der Waals surface area contributed by atoms with Gasteiger partial charge in [0, 0.05) is 11.3 Å². The molecule has 33 heavy (non-hydrogen) atoms. The quantitative estimate of drug-likeness (QED) is 0.629. The lowest BCUT2D eigenvalue weighted by Gasteiger charge is -2.33. The molecule has 0 radical (unpaired) electrons. The third-order valence-electron chi connectivity index (χ3n) is 6.15. The highest BCUT2D eigenvalue weighted by atomic mass is 32.2. The van der Waals surface area contributed by atoms with E-state index >= 15 is 0 Å². The fourth-order valence-electron chi connectivity index (χ4n) is 4.38. The van der Waals surface area contributed by atoms with Crippen molar-refractivity contribution in [2.75, 3.05) is 22.1 Å². The predicted octanol–water partition coefficient (Wildman–Crippen LogP) is 3.49. The molecule has 8 heteroatoms. The first-order valence-electron chi connectivity index (χ1n) is 10.7. The number of rotatable bonds is 5. The molecule has 1 aromatic heterocycles. The number of carbonyl (C=O) groups is 3. The number of aryl methyl sites for hydroxylation is 2. The van der Waals surface area contributed by atoms with Crippen molar-refractivity contribution in [1.29, 1.82) is 0 Å². The topological polar surface area (TPSA) is 82.9 Å². The number of thioether (sulfide) groups is 1. The number of furan rings is 1. The van der Waals surface area contributed by atoms with Crippen LogP contribution in [0.3, 0.4) is 0 Å². The van der Waals surface area contributed by atoms with Crippen molar-refractivity contribution in [3.63, 3.8) is 0 Å². The molecule has 0 bridgehead atoms. The predicted molar refractivity (Wildman–Crippen MR) is 127 cm³/mol. The Morgan fingerprint density at radius 3 is 2.67 bits per heavy atom. The lowest BCUT2D eigenvalue weighted by atomic mass is 10.0. The lowest BCUT2D eigenvalue weighted by molar-refractivity contribution is -0.125. The number of anilines is 2. The van der Waals surface area contributed by atoms with E-state index in [9.17, 15) is 14.4 Å². The second-order valence-corrected chi connectivity index (χ2v) is 9.36. The molecule has 2 aliphatic rings. The van der Waals surface area contributed by atoms with Crippen molar-refractivity contribution in [3.05, 3.63) is 83.3 Å². The van der Waals surface area contributed by atoms with Crippen molar-refractivity contribution >= 4 is 40.9 Å². The van der Waals surface area contributed by atoms with Gasteiger partial charge in [0.2, 0.25) is 16.7 Å². The summed E-state index contributed by atoms with van der Waals surface area (Å²) in [7, 11) is 0. The molecule has 3 heterocycles. The maximum absolute atomic E-state index is 13.9. The molecule has 2 aromatic carbocycles. The van der Waals surface area contributed by atoms with Gasteiger partial charge in [-0.2, -0.15) is 0 Å². The first-order chi connectivity index (χ1) is 15.9. The molecular formula is C25H23N3O4S. The minimum atomic E-state index is -1.23. The third kappa shape index (κ3) is 3.41. The second kappa shape index (κ2) is 8.12. The normalized spacial score (nSPS) is 19.5. The first-order valence-corrected chi connectivity index (χ1v) is 11.6. The summed E-state index contributed by atoms with van der Waals surface area (Å²) in [4.78, 5) is 41.6. The van der Waals surface area contributed by atoms with Crippen LogP contribution in [0.25, 0.3) is 0 Å². The summed E-state index contributed by atoms with van der Waals surface area (Å²) in [6.45, 7) is 4.09. The van der Waals surface area contributed by atoms with Gasteiger partial charge in [-0.1, -0.05) is 24.3 Å². The summed E-state index contributed by atoms with van der Waals surface area (Å²) in [5.74, 6) is 0.0943. The van der Waals surface area contributed by atoms with Crippen LogP contribution in [0.4, 0.5) is 11.4 Å². The number of hydrogen-bond donors (Lipinski definition) is 1. The smallest absolute Gasteiger partial charge is 0.269 e. The van der Waals surface area contributed by atoms with Gasteiger partial charge < -0.3 is 9.73 Å². The fraction of sp³-hybridized carbons (Fsp3) is 0.240. The zero-order chi connectivity index (χ0) is 23.2. The van der Waals surface area contributed by atoms with Crippen molar-refractivity contribution in [2.24, 2.45) is 0 Å². The molecule has 3 aromatic rings. The Balaban J connectivity index is 1.50. The summed E-state index contributed by atoms with van der Waals surface area (Å²) >= 11 is 1.30. The lowest BCUT2D eigenvalue weighted by Crippen LogP contribution is -2.51. The summed E-state index contributed by atoms with van der Waals surface area (Å²) < 4.78 is 5.26. The van der Waals surface area contributed by atoms with Gasteiger partial charge in [0.25, 0.3) is 5.91 Å².